The average Bonchev–Trinajstić information content (AvgIpc) is 3.11. The zero-order chi connectivity index (χ0) is 15.7. The van der Waals surface area contributed by atoms with E-state index >= 15 is 0 Å². The van der Waals surface area contributed by atoms with Gasteiger partial charge < -0.3 is 0 Å². The van der Waals surface area contributed by atoms with Crippen LogP contribution in [0.25, 0.3) is 10.2 Å². The van der Waals surface area contributed by atoms with Gasteiger partial charge in [0.1, 0.15) is 5.78 Å². The average molecular weight is 326 g/mol. The number of ketones is 1. The van der Waals surface area contributed by atoms with Crippen molar-refractivity contribution in [2.75, 3.05) is 4.90 Å². The summed E-state index contributed by atoms with van der Waals surface area (Å²) in [6.07, 6.45) is 2.11. The van der Waals surface area contributed by atoms with Gasteiger partial charge in [-0.05, 0) is 37.0 Å². The highest BCUT2D eigenvalue weighted by atomic mass is 32.1. The highest BCUT2D eigenvalue weighted by Gasteiger charge is 2.60. The van der Waals surface area contributed by atoms with Gasteiger partial charge in [0, 0.05) is 12.3 Å². The lowest BCUT2D eigenvalue weighted by atomic mass is 9.59. The Bertz CT molecular complexity index is 874. The first-order chi connectivity index (χ1) is 11.1. The van der Waals surface area contributed by atoms with Crippen LogP contribution in [0.4, 0.5) is 5.69 Å². The van der Waals surface area contributed by atoms with E-state index in [2.05, 4.69) is 4.98 Å². The first-order valence-electron chi connectivity index (χ1n) is 7.89. The normalized spacial score (nSPS) is 32.9. The molecule has 0 radical (unpaired) electrons. The van der Waals surface area contributed by atoms with Crippen molar-refractivity contribution in [1.29, 1.82) is 0 Å². The molecule has 6 heteroatoms. The summed E-state index contributed by atoms with van der Waals surface area (Å²) in [5.41, 5.74) is 3.23. The van der Waals surface area contributed by atoms with Crippen LogP contribution in [0.2, 0.25) is 0 Å². The number of thiazole rings is 1. The fourth-order valence-electron chi connectivity index (χ4n) is 4.62. The number of carbonyl (C=O) groups is 3. The smallest absolute Gasteiger partial charge is 0.238 e. The molecule has 4 aliphatic rings. The standard InChI is InChI=1S/C17H14N2O3S/c20-12-5-8-1-3-10(12)15-14(8)16(21)19(17(15)22)9-2-4-11-13(6-9)23-7-18-11/h2,4,6-8,10,14-15H,1,3,5H2/t8-,10+,14+,15-/m0/s1. The van der Waals surface area contributed by atoms with Crippen LogP contribution in [-0.2, 0) is 14.4 Å². The van der Waals surface area contributed by atoms with Crippen LogP contribution in [0, 0.1) is 23.7 Å². The van der Waals surface area contributed by atoms with Crippen LogP contribution < -0.4 is 4.90 Å². The van der Waals surface area contributed by atoms with Gasteiger partial charge in [-0.15, -0.1) is 11.3 Å². The minimum Gasteiger partial charge on any atom is -0.299 e. The molecular formula is C17H14N2O3S. The maximum absolute atomic E-state index is 12.9. The first kappa shape index (κ1) is 13.4. The summed E-state index contributed by atoms with van der Waals surface area (Å²) < 4.78 is 0.956. The molecule has 4 atom stereocenters. The van der Waals surface area contributed by atoms with E-state index in [-0.39, 0.29) is 35.4 Å². The number of anilines is 1. The van der Waals surface area contributed by atoms with E-state index in [0.29, 0.717) is 12.1 Å². The maximum atomic E-state index is 12.9. The molecule has 1 saturated heterocycles. The van der Waals surface area contributed by atoms with Crippen LogP contribution in [0.5, 0.6) is 0 Å². The number of aromatic nitrogens is 1. The SMILES string of the molecule is O=C1C[C@@H]2CC[C@H]1[C@@H]1C(=O)N(c3ccc4ncsc4c3)C(=O)[C@H]21. The third-order valence-corrected chi connectivity index (χ3v) is 6.43. The summed E-state index contributed by atoms with van der Waals surface area (Å²) in [7, 11) is 0. The minimum absolute atomic E-state index is 0.0473. The Kier molecular flexibility index (Phi) is 2.60. The van der Waals surface area contributed by atoms with Gasteiger partial charge in [-0.1, -0.05) is 0 Å². The maximum Gasteiger partial charge on any atom is 0.238 e. The second-order valence-electron chi connectivity index (χ2n) is 6.68. The molecule has 6 rings (SSSR count). The van der Waals surface area contributed by atoms with Crippen LogP contribution >= 0.6 is 11.3 Å². The molecule has 5 nitrogen and oxygen atoms in total. The van der Waals surface area contributed by atoms with E-state index in [9.17, 15) is 14.4 Å². The van der Waals surface area contributed by atoms with Crippen molar-refractivity contribution >= 4 is 44.8 Å². The second kappa shape index (κ2) is 4.47. The Balaban J connectivity index is 1.60. The van der Waals surface area contributed by atoms with Crippen LogP contribution in [0.1, 0.15) is 19.3 Å². The molecule has 23 heavy (non-hydrogen) atoms. The second-order valence-corrected chi connectivity index (χ2v) is 7.57. The Morgan fingerprint density at radius 3 is 2.74 bits per heavy atom. The van der Waals surface area contributed by atoms with Crippen molar-refractivity contribution < 1.29 is 14.4 Å². The zero-order valence-corrected chi connectivity index (χ0v) is 13.1. The molecule has 3 aliphatic carbocycles. The molecule has 0 spiro atoms. The molecule has 1 aromatic heterocycles. The third kappa shape index (κ3) is 1.67. The van der Waals surface area contributed by atoms with Crippen molar-refractivity contribution in [2.45, 2.75) is 19.3 Å². The number of fused-ring (bicyclic) bond motifs is 3. The summed E-state index contributed by atoms with van der Waals surface area (Å²) in [4.78, 5) is 43.5. The molecule has 1 aromatic carbocycles. The number of Topliss-reactive ketones (excluding diaryl/α,β-unsaturated/α-hetero) is 1. The highest BCUT2D eigenvalue weighted by Crippen LogP contribution is 2.52. The molecule has 3 saturated carbocycles. The quantitative estimate of drug-likeness (QED) is 0.755. The number of imide groups is 1. The van der Waals surface area contributed by atoms with Crippen LogP contribution in [0.3, 0.4) is 0 Å². The van der Waals surface area contributed by atoms with Crippen LogP contribution in [-0.4, -0.2) is 22.6 Å². The zero-order valence-electron chi connectivity index (χ0n) is 12.3. The fourth-order valence-corrected chi connectivity index (χ4v) is 5.33. The number of rotatable bonds is 1. The number of benzene rings is 1. The van der Waals surface area contributed by atoms with Crippen molar-refractivity contribution in [3.8, 4) is 0 Å². The van der Waals surface area contributed by atoms with Gasteiger partial charge in [-0.2, -0.15) is 0 Å². The molecule has 2 bridgehead atoms. The van der Waals surface area contributed by atoms with Crippen LogP contribution in [0.15, 0.2) is 23.7 Å². The minimum atomic E-state index is -0.431. The van der Waals surface area contributed by atoms with E-state index in [1.807, 2.05) is 12.1 Å². The van der Waals surface area contributed by atoms with Gasteiger partial charge >= 0.3 is 0 Å². The lowest BCUT2D eigenvalue weighted by molar-refractivity contribution is -0.143. The predicted octanol–water partition coefficient (Wildman–Crippen LogP) is 2.40. The van der Waals surface area contributed by atoms with Gasteiger partial charge in [0.05, 0.1) is 33.3 Å². The van der Waals surface area contributed by atoms with Gasteiger partial charge in [-0.25, -0.2) is 9.88 Å². The monoisotopic (exact) mass is 326 g/mol. The van der Waals surface area contributed by atoms with Crippen molar-refractivity contribution in [3.63, 3.8) is 0 Å². The van der Waals surface area contributed by atoms with Crippen molar-refractivity contribution in [1.82, 2.24) is 4.98 Å². The fraction of sp³-hybridized carbons (Fsp3) is 0.412. The van der Waals surface area contributed by atoms with Gasteiger partial charge in [0.25, 0.3) is 0 Å². The number of hydrogen-bond donors (Lipinski definition) is 0. The van der Waals surface area contributed by atoms with Crippen molar-refractivity contribution in [2.24, 2.45) is 23.7 Å². The molecule has 0 unspecified atom stereocenters. The van der Waals surface area contributed by atoms with Gasteiger partial charge in [-0.3, -0.25) is 14.4 Å². The van der Waals surface area contributed by atoms with E-state index in [0.717, 1.165) is 23.1 Å². The molecule has 2 aromatic rings. The number of amides is 2. The third-order valence-electron chi connectivity index (χ3n) is 5.64. The summed E-state index contributed by atoms with van der Waals surface area (Å²) >= 11 is 1.49. The predicted molar refractivity (Wildman–Crippen MR) is 84.9 cm³/mol. The summed E-state index contributed by atoms with van der Waals surface area (Å²) in [6, 6.07) is 5.46. The Morgan fingerprint density at radius 1 is 1.09 bits per heavy atom. The Labute approximate surface area is 136 Å². The number of nitrogens with zero attached hydrogens (tertiary/aromatic N) is 2. The van der Waals surface area contributed by atoms with E-state index in [1.54, 1.807) is 11.6 Å². The number of hydrogen-bond acceptors (Lipinski definition) is 5. The molecular weight excluding hydrogens is 312 g/mol. The Morgan fingerprint density at radius 2 is 1.91 bits per heavy atom. The molecule has 1 aliphatic heterocycles. The Hall–Kier alpha value is -2.08. The first-order valence-corrected chi connectivity index (χ1v) is 8.77. The van der Waals surface area contributed by atoms with E-state index in [4.69, 9.17) is 0 Å². The molecule has 2 amide bonds. The molecule has 116 valence electrons. The summed E-state index contributed by atoms with van der Waals surface area (Å²) in [6.45, 7) is 0. The molecule has 2 heterocycles. The van der Waals surface area contributed by atoms with Crippen molar-refractivity contribution in [3.05, 3.63) is 23.7 Å². The number of carbonyl (C=O) groups excluding carboxylic acids is 3. The largest absolute Gasteiger partial charge is 0.299 e. The van der Waals surface area contributed by atoms with E-state index < -0.39 is 5.92 Å². The summed E-state index contributed by atoms with van der Waals surface area (Å²) in [5, 5.41) is 0. The highest BCUT2D eigenvalue weighted by molar-refractivity contribution is 7.16. The molecule has 0 N–H and O–H groups in total. The van der Waals surface area contributed by atoms with Gasteiger partial charge in [0.15, 0.2) is 0 Å². The lowest BCUT2D eigenvalue weighted by Crippen LogP contribution is -2.46. The van der Waals surface area contributed by atoms with E-state index in [1.165, 1.54) is 16.2 Å². The topological polar surface area (TPSA) is 67.3 Å². The molecule has 4 fully saturated rings. The lowest BCUT2D eigenvalue weighted by Gasteiger charge is -2.41. The van der Waals surface area contributed by atoms with Gasteiger partial charge in [0.2, 0.25) is 11.8 Å². The summed E-state index contributed by atoms with van der Waals surface area (Å²) in [5.74, 6) is -1.07.